The van der Waals surface area contributed by atoms with Gasteiger partial charge in [0.2, 0.25) is 0 Å². The largest absolute Gasteiger partial charge is 0.496 e. The van der Waals surface area contributed by atoms with E-state index in [1.54, 1.807) is 30.2 Å². The van der Waals surface area contributed by atoms with Crippen molar-refractivity contribution in [2.75, 3.05) is 25.9 Å². The molecule has 0 saturated heterocycles. The SMILES string of the molecule is CCCN(CC)C(=O)c1c(N)cccc1OC. The van der Waals surface area contributed by atoms with Gasteiger partial charge in [-0.05, 0) is 25.5 Å². The summed E-state index contributed by atoms with van der Waals surface area (Å²) in [6.07, 6.45) is 0.925. The van der Waals surface area contributed by atoms with Gasteiger partial charge in [0.15, 0.2) is 0 Å². The van der Waals surface area contributed by atoms with Crippen molar-refractivity contribution in [1.82, 2.24) is 4.90 Å². The van der Waals surface area contributed by atoms with E-state index in [0.29, 0.717) is 23.5 Å². The fraction of sp³-hybridized carbons (Fsp3) is 0.462. The number of amides is 1. The maximum Gasteiger partial charge on any atom is 0.259 e. The van der Waals surface area contributed by atoms with Crippen molar-refractivity contribution in [1.29, 1.82) is 0 Å². The molecule has 4 heteroatoms. The Morgan fingerprint density at radius 3 is 2.65 bits per heavy atom. The van der Waals surface area contributed by atoms with Crippen molar-refractivity contribution < 1.29 is 9.53 Å². The lowest BCUT2D eigenvalue weighted by Crippen LogP contribution is -2.32. The minimum Gasteiger partial charge on any atom is -0.496 e. The van der Waals surface area contributed by atoms with Gasteiger partial charge in [0.1, 0.15) is 11.3 Å². The highest BCUT2D eigenvalue weighted by Crippen LogP contribution is 2.25. The molecule has 0 heterocycles. The second-order valence-electron chi connectivity index (χ2n) is 3.81. The Bertz CT molecular complexity index is 391. The minimum absolute atomic E-state index is 0.0655. The Kier molecular flexibility index (Phi) is 4.82. The lowest BCUT2D eigenvalue weighted by Gasteiger charge is -2.22. The van der Waals surface area contributed by atoms with E-state index in [9.17, 15) is 4.79 Å². The van der Waals surface area contributed by atoms with E-state index in [4.69, 9.17) is 10.5 Å². The normalized spacial score (nSPS) is 10.1. The summed E-state index contributed by atoms with van der Waals surface area (Å²) >= 11 is 0. The summed E-state index contributed by atoms with van der Waals surface area (Å²) in [6, 6.07) is 5.25. The molecule has 0 atom stereocenters. The number of hydrogen-bond donors (Lipinski definition) is 1. The Hall–Kier alpha value is -1.71. The highest BCUT2D eigenvalue weighted by atomic mass is 16.5. The molecule has 0 fully saturated rings. The molecule has 0 radical (unpaired) electrons. The number of rotatable bonds is 5. The molecular formula is C13H20N2O2. The minimum atomic E-state index is -0.0655. The Morgan fingerprint density at radius 2 is 2.12 bits per heavy atom. The molecule has 0 bridgehead atoms. The monoisotopic (exact) mass is 236 g/mol. The number of hydrogen-bond acceptors (Lipinski definition) is 3. The van der Waals surface area contributed by atoms with Gasteiger partial charge in [-0.2, -0.15) is 0 Å². The molecule has 0 spiro atoms. The molecule has 0 aliphatic carbocycles. The number of carbonyl (C=O) groups is 1. The third-order valence-corrected chi connectivity index (χ3v) is 2.65. The predicted octanol–water partition coefficient (Wildman–Crippen LogP) is 2.15. The summed E-state index contributed by atoms with van der Waals surface area (Å²) in [5.41, 5.74) is 6.78. The van der Waals surface area contributed by atoms with Crippen LogP contribution >= 0.6 is 0 Å². The van der Waals surface area contributed by atoms with Gasteiger partial charge in [0.25, 0.3) is 5.91 Å². The molecule has 1 amide bonds. The molecule has 1 aromatic rings. The highest BCUT2D eigenvalue weighted by molar-refractivity contribution is 6.01. The zero-order valence-corrected chi connectivity index (χ0v) is 10.7. The smallest absolute Gasteiger partial charge is 0.259 e. The fourth-order valence-electron chi connectivity index (χ4n) is 1.78. The third-order valence-electron chi connectivity index (χ3n) is 2.65. The number of carbonyl (C=O) groups excluding carboxylic acids is 1. The molecule has 0 saturated carbocycles. The van der Waals surface area contributed by atoms with E-state index < -0.39 is 0 Å². The Morgan fingerprint density at radius 1 is 1.41 bits per heavy atom. The fourth-order valence-corrected chi connectivity index (χ4v) is 1.78. The maximum atomic E-state index is 12.3. The van der Waals surface area contributed by atoms with Crippen LogP contribution in [-0.4, -0.2) is 31.0 Å². The summed E-state index contributed by atoms with van der Waals surface area (Å²) in [7, 11) is 1.54. The van der Waals surface area contributed by atoms with Crippen LogP contribution in [0.4, 0.5) is 5.69 Å². The van der Waals surface area contributed by atoms with E-state index in [1.807, 2.05) is 13.8 Å². The van der Waals surface area contributed by atoms with E-state index in [2.05, 4.69) is 0 Å². The first kappa shape index (κ1) is 13.4. The molecule has 0 aliphatic rings. The number of methoxy groups -OCH3 is 1. The molecule has 0 aliphatic heterocycles. The van der Waals surface area contributed by atoms with Crippen LogP contribution in [0.5, 0.6) is 5.75 Å². The molecule has 0 unspecified atom stereocenters. The van der Waals surface area contributed by atoms with Crippen molar-refractivity contribution in [2.45, 2.75) is 20.3 Å². The number of nitrogens with zero attached hydrogens (tertiary/aromatic N) is 1. The van der Waals surface area contributed by atoms with Crippen LogP contribution in [-0.2, 0) is 0 Å². The quantitative estimate of drug-likeness (QED) is 0.797. The molecule has 2 N–H and O–H groups in total. The van der Waals surface area contributed by atoms with Crippen molar-refractivity contribution in [3.05, 3.63) is 23.8 Å². The number of nitrogen functional groups attached to an aromatic ring is 1. The van der Waals surface area contributed by atoms with Crippen molar-refractivity contribution in [3.63, 3.8) is 0 Å². The van der Waals surface area contributed by atoms with Crippen LogP contribution in [0.2, 0.25) is 0 Å². The van der Waals surface area contributed by atoms with Gasteiger partial charge in [-0.3, -0.25) is 4.79 Å². The lowest BCUT2D eigenvalue weighted by molar-refractivity contribution is 0.0762. The highest BCUT2D eigenvalue weighted by Gasteiger charge is 2.20. The molecule has 0 aromatic heterocycles. The zero-order valence-electron chi connectivity index (χ0n) is 10.7. The first-order valence-corrected chi connectivity index (χ1v) is 5.87. The van der Waals surface area contributed by atoms with Crippen molar-refractivity contribution in [3.8, 4) is 5.75 Å². The molecular weight excluding hydrogens is 216 g/mol. The average molecular weight is 236 g/mol. The van der Waals surface area contributed by atoms with Gasteiger partial charge in [-0.15, -0.1) is 0 Å². The molecule has 1 rings (SSSR count). The van der Waals surface area contributed by atoms with Gasteiger partial charge in [-0.1, -0.05) is 13.0 Å². The van der Waals surface area contributed by atoms with Crippen LogP contribution in [0.1, 0.15) is 30.6 Å². The topological polar surface area (TPSA) is 55.6 Å². The first-order chi connectivity index (χ1) is 8.15. The van der Waals surface area contributed by atoms with E-state index in [-0.39, 0.29) is 5.91 Å². The number of ether oxygens (including phenoxy) is 1. The van der Waals surface area contributed by atoms with Gasteiger partial charge in [0, 0.05) is 18.8 Å². The molecule has 4 nitrogen and oxygen atoms in total. The first-order valence-electron chi connectivity index (χ1n) is 5.87. The van der Waals surface area contributed by atoms with Crippen LogP contribution < -0.4 is 10.5 Å². The summed E-state index contributed by atoms with van der Waals surface area (Å²) in [5, 5.41) is 0. The van der Waals surface area contributed by atoms with Gasteiger partial charge >= 0.3 is 0 Å². The summed E-state index contributed by atoms with van der Waals surface area (Å²) in [4.78, 5) is 14.1. The Balaban J connectivity index is 3.09. The van der Waals surface area contributed by atoms with Crippen molar-refractivity contribution in [2.24, 2.45) is 0 Å². The number of nitrogens with two attached hydrogens (primary N) is 1. The maximum absolute atomic E-state index is 12.3. The summed E-state index contributed by atoms with van der Waals surface area (Å²) in [6.45, 7) is 5.40. The Labute approximate surface area is 102 Å². The van der Waals surface area contributed by atoms with Crippen LogP contribution in [0.25, 0.3) is 0 Å². The number of benzene rings is 1. The van der Waals surface area contributed by atoms with Crippen LogP contribution in [0, 0.1) is 0 Å². The molecule has 1 aromatic carbocycles. The van der Waals surface area contributed by atoms with E-state index in [0.717, 1.165) is 13.0 Å². The molecule has 17 heavy (non-hydrogen) atoms. The summed E-state index contributed by atoms with van der Waals surface area (Å²) < 4.78 is 5.19. The van der Waals surface area contributed by atoms with Gasteiger partial charge < -0.3 is 15.4 Å². The number of anilines is 1. The predicted molar refractivity (Wildman–Crippen MR) is 69.3 cm³/mol. The summed E-state index contributed by atoms with van der Waals surface area (Å²) in [5.74, 6) is 0.467. The van der Waals surface area contributed by atoms with E-state index in [1.165, 1.54) is 0 Å². The van der Waals surface area contributed by atoms with Crippen LogP contribution in [0.15, 0.2) is 18.2 Å². The van der Waals surface area contributed by atoms with Crippen LogP contribution in [0.3, 0.4) is 0 Å². The second-order valence-corrected chi connectivity index (χ2v) is 3.81. The lowest BCUT2D eigenvalue weighted by atomic mass is 10.1. The van der Waals surface area contributed by atoms with E-state index >= 15 is 0 Å². The molecule has 94 valence electrons. The second kappa shape index (κ2) is 6.13. The zero-order chi connectivity index (χ0) is 12.8. The van der Waals surface area contributed by atoms with Gasteiger partial charge in [-0.25, -0.2) is 0 Å². The average Bonchev–Trinajstić information content (AvgIpc) is 2.34. The standard InChI is InChI=1S/C13H20N2O2/c1-4-9-15(5-2)13(16)12-10(14)7-6-8-11(12)17-3/h6-8H,4-5,9,14H2,1-3H3. The van der Waals surface area contributed by atoms with Gasteiger partial charge in [0.05, 0.1) is 7.11 Å². The third kappa shape index (κ3) is 2.90. The van der Waals surface area contributed by atoms with Crippen molar-refractivity contribution >= 4 is 11.6 Å².